The van der Waals surface area contributed by atoms with Crippen molar-refractivity contribution in [3.05, 3.63) is 23.5 Å². The van der Waals surface area contributed by atoms with Crippen molar-refractivity contribution in [3.8, 4) is 0 Å². The van der Waals surface area contributed by atoms with Gasteiger partial charge in [0.1, 0.15) is 18.1 Å². The minimum Gasteiger partial charge on any atom is -0.360 e. The standard InChI is InChI=1S/C16H20ClN5O4S2/c1-28(24,25)21-2-3-22(15(23)9-21)16(20-4-5-26-14(17)8-20)12-6-11-13(27-12)7-18-10-19-11/h6-7,10,14,16H,2-5,8-9H2,1H3. The fraction of sp³-hybridized carbons (Fsp3) is 0.562. The first-order valence-corrected chi connectivity index (χ1v) is 11.9. The van der Waals surface area contributed by atoms with Crippen LogP contribution in [0.5, 0.6) is 0 Å². The number of morpholine rings is 1. The average Bonchev–Trinajstić information content (AvgIpc) is 3.06. The second-order valence-electron chi connectivity index (χ2n) is 6.75. The summed E-state index contributed by atoms with van der Waals surface area (Å²) in [6.45, 7) is 1.96. The van der Waals surface area contributed by atoms with Gasteiger partial charge in [-0.2, -0.15) is 4.31 Å². The summed E-state index contributed by atoms with van der Waals surface area (Å²) in [5.41, 5.74) is 0.357. The molecule has 4 rings (SSSR count). The van der Waals surface area contributed by atoms with E-state index in [4.69, 9.17) is 16.3 Å². The molecular weight excluding hydrogens is 426 g/mol. The highest BCUT2D eigenvalue weighted by Gasteiger charge is 2.38. The van der Waals surface area contributed by atoms with E-state index in [1.165, 1.54) is 22.0 Å². The van der Waals surface area contributed by atoms with E-state index in [1.807, 2.05) is 6.07 Å². The zero-order valence-electron chi connectivity index (χ0n) is 15.2. The molecule has 0 bridgehead atoms. The Morgan fingerprint density at radius 3 is 2.86 bits per heavy atom. The van der Waals surface area contributed by atoms with Crippen LogP contribution in [-0.4, -0.2) is 89.5 Å². The van der Waals surface area contributed by atoms with Gasteiger partial charge < -0.3 is 9.64 Å². The van der Waals surface area contributed by atoms with E-state index in [0.29, 0.717) is 26.2 Å². The Labute approximate surface area is 171 Å². The van der Waals surface area contributed by atoms with Crippen LogP contribution >= 0.6 is 22.9 Å². The van der Waals surface area contributed by atoms with Gasteiger partial charge in [0.25, 0.3) is 0 Å². The Morgan fingerprint density at radius 1 is 1.36 bits per heavy atom. The van der Waals surface area contributed by atoms with E-state index in [0.717, 1.165) is 21.3 Å². The molecular formula is C16H20ClN5O4S2. The molecule has 0 aromatic carbocycles. The number of carbonyl (C=O) groups is 1. The Kier molecular flexibility index (Phi) is 5.55. The maximum atomic E-state index is 12.9. The van der Waals surface area contributed by atoms with Crippen molar-refractivity contribution >= 4 is 49.1 Å². The van der Waals surface area contributed by atoms with Crippen LogP contribution in [0.3, 0.4) is 0 Å². The largest absolute Gasteiger partial charge is 0.360 e. The summed E-state index contributed by atoms with van der Waals surface area (Å²) in [6, 6.07) is 1.96. The lowest BCUT2D eigenvalue weighted by atomic mass is 10.2. The minimum atomic E-state index is -3.41. The van der Waals surface area contributed by atoms with Crippen LogP contribution in [0.25, 0.3) is 10.2 Å². The van der Waals surface area contributed by atoms with E-state index in [1.54, 1.807) is 11.1 Å². The highest BCUT2D eigenvalue weighted by Crippen LogP contribution is 2.36. The Hall–Kier alpha value is -1.37. The first-order valence-electron chi connectivity index (χ1n) is 8.76. The second-order valence-corrected chi connectivity index (χ2v) is 10.3. The summed E-state index contributed by atoms with van der Waals surface area (Å²) in [4.78, 5) is 26.1. The number of piperazine rings is 1. The molecule has 152 valence electrons. The smallest absolute Gasteiger partial charge is 0.239 e. The molecule has 0 spiro atoms. The highest BCUT2D eigenvalue weighted by molar-refractivity contribution is 7.88. The topological polar surface area (TPSA) is 95.9 Å². The van der Waals surface area contributed by atoms with Crippen molar-refractivity contribution in [1.29, 1.82) is 0 Å². The Bertz CT molecular complexity index is 951. The number of rotatable bonds is 4. The third-order valence-corrected chi connectivity index (χ3v) is 7.47. The van der Waals surface area contributed by atoms with Gasteiger partial charge in [-0.15, -0.1) is 11.3 Å². The molecule has 4 heterocycles. The molecule has 2 aliphatic rings. The average molecular weight is 446 g/mol. The lowest BCUT2D eigenvalue weighted by molar-refractivity contribution is -0.144. The summed E-state index contributed by atoms with van der Waals surface area (Å²) in [5, 5.41) is 0. The number of alkyl halides is 1. The van der Waals surface area contributed by atoms with Gasteiger partial charge >= 0.3 is 0 Å². The SMILES string of the molecule is CS(=O)(=O)N1CCN(C(c2cc3ncncc3s2)N2CCOC(Cl)C2)C(=O)C1. The number of amides is 1. The molecule has 2 aromatic rings. The van der Waals surface area contributed by atoms with Crippen LogP contribution in [-0.2, 0) is 19.6 Å². The minimum absolute atomic E-state index is 0.158. The van der Waals surface area contributed by atoms with E-state index in [9.17, 15) is 13.2 Å². The van der Waals surface area contributed by atoms with E-state index in [-0.39, 0.29) is 25.2 Å². The fourth-order valence-electron chi connectivity index (χ4n) is 3.52. The summed E-state index contributed by atoms with van der Waals surface area (Å²) in [7, 11) is -3.41. The monoisotopic (exact) mass is 445 g/mol. The predicted octanol–water partition coefficient (Wildman–Crippen LogP) is 0.691. The Balaban J connectivity index is 1.68. The van der Waals surface area contributed by atoms with Gasteiger partial charge in [-0.25, -0.2) is 18.4 Å². The quantitative estimate of drug-likeness (QED) is 0.639. The molecule has 1 amide bonds. The molecule has 0 N–H and O–H groups in total. The number of nitrogens with zero attached hydrogens (tertiary/aromatic N) is 5. The Morgan fingerprint density at radius 2 is 2.18 bits per heavy atom. The molecule has 9 nitrogen and oxygen atoms in total. The summed E-state index contributed by atoms with van der Waals surface area (Å²) in [5.74, 6) is -0.233. The summed E-state index contributed by atoms with van der Waals surface area (Å²) >= 11 is 7.73. The van der Waals surface area contributed by atoms with Gasteiger partial charge in [0.15, 0.2) is 0 Å². The van der Waals surface area contributed by atoms with Crippen molar-refractivity contribution in [3.63, 3.8) is 0 Å². The fourth-order valence-corrected chi connectivity index (χ4v) is 5.68. The zero-order valence-corrected chi connectivity index (χ0v) is 17.6. The predicted molar refractivity (Wildman–Crippen MR) is 105 cm³/mol. The lowest BCUT2D eigenvalue weighted by Crippen LogP contribution is -2.57. The molecule has 2 atom stereocenters. The van der Waals surface area contributed by atoms with Crippen LogP contribution in [0.2, 0.25) is 0 Å². The van der Waals surface area contributed by atoms with Crippen LogP contribution in [0.4, 0.5) is 0 Å². The van der Waals surface area contributed by atoms with Crippen molar-refractivity contribution in [2.75, 3.05) is 45.6 Å². The molecule has 2 aliphatic heterocycles. The van der Waals surface area contributed by atoms with Crippen LogP contribution in [0.15, 0.2) is 18.6 Å². The highest BCUT2D eigenvalue weighted by atomic mass is 35.5. The van der Waals surface area contributed by atoms with Crippen LogP contribution < -0.4 is 0 Å². The van der Waals surface area contributed by atoms with E-state index >= 15 is 0 Å². The normalized spacial score (nSPS) is 24.0. The third kappa shape index (κ3) is 4.00. The number of hydrogen-bond donors (Lipinski definition) is 0. The molecule has 2 unspecified atom stereocenters. The van der Waals surface area contributed by atoms with Gasteiger partial charge in [-0.05, 0) is 6.07 Å². The molecule has 12 heteroatoms. The summed E-state index contributed by atoms with van der Waals surface area (Å²) < 4.78 is 31.3. The molecule has 2 aromatic heterocycles. The second kappa shape index (κ2) is 7.81. The lowest BCUT2D eigenvalue weighted by Gasteiger charge is -2.44. The zero-order chi connectivity index (χ0) is 19.9. The molecule has 28 heavy (non-hydrogen) atoms. The number of sulfonamides is 1. The first-order chi connectivity index (χ1) is 13.3. The molecule has 0 radical (unpaired) electrons. The third-order valence-electron chi connectivity index (χ3n) is 4.86. The molecule has 0 saturated carbocycles. The van der Waals surface area contributed by atoms with Crippen molar-refractivity contribution < 1.29 is 17.9 Å². The van der Waals surface area contributed by atoms with Gasteiger partial charge in [-0.1, -0.05) is 11.6 Å². The number of aromatic nitrogens is 2. The van der Waals surface area contributed by atoms with Gasteiger partial charge in [0.2, 0.25) is 15.9 Å². The van der Waals surface area contributed by atoms with Gasteiger partial charge in [-0.3, -0.25) is 9.69 Å². The molecule has 2 fully saturated rings. The maximum Gasteiger partial charge on any atom is 0.239 e. The van der Waals surface area contributed by atoms with Gasteiger partial charge in [0.05, 0.1) is 29.6 Å². The van der Waals surface area contributed by atoms with Gasteiger partial charge in [0, 0.05) is 37.3 Å². The number of thiophene rings is 1. The molecule has 2 saturated heterocycles. The van der Waals surface area contributed by atoms with Crippen molar-refractivity contribution in [1.82, 2.24) is 24.1 Å². The number of halogens is 1. The number of fused-ring (bicyclic) bond motifs is 1. The van der Waals surface area contributed by atoms with E-state index < -0.39 is 15.6 Å². The first kappa shape index (κ1) is 19.9. The van der Waals surface area contributed by atoms with Crippen LogP contribution in [0, 0.1) is 0 Å². The number of carbonyl (C=O) groups excluding carboxylic acids is 1. The van der Waals surface area contributed by atoms with E-state index in [2.05, 4.69) is 14.9 Å². The van der Waals surface area contributed by atoms with Crippen LogP contribution in [0.1, 0.15) is 11.0 Å². The maximum absolute atomic E-state index is 12.9. The number of ether oxygens (including phenoxy) is 1. The number of hydrogen-bond acceptors (Lipinski definition) is 8. The molecule has 0 aliphatic carbocycles. The summed E-state index contributed by atoms with van der Waals surface area (Å²) in [6.07, 6.45) is 4.02. The van der Waals surface area contributed by atoms with Crippen molar-refractivity contribution in [2.45, 2.75) is 11.7 Å². The van der Waals surface area contributed by atoms with Crippen molar-refractivity contribution in [2.24, 2.45) is 0 Å².